The van der Waals surface area contributed by atoms with Crippen molar-refractivity contribution in [1.82, 2.24) is 10.6 Å². The molecule has 14 N–H and O–H groups in total. The van der Waals surface area contributed by atoms with Crippen LogP contribution in [0.2, 0.25) is 0 Å². The van der Waals surface area contributed by atoms with Crippen LogP contribution in [0.4, 0.5) is 11.4 Å². The molecule has 0 aliphatic rings. The molecule has 0 unspecified atom stereocenters. The van der Waals surface area contributed by atoms with Crippen molar-refractivity contribution in [2.24, 2.45) is 0 Å². The number of ether oxygens (including phenoxy) is 2. The van der Waals surface area contributed by atoms with Crippen LogP contribution in [0.25, 0.3) is 0 Å². The van der Waals surface area contributed by atoms with Crippen LogP contribution in [0, 0.1) is 0 Å². The summed E-state index contributed by atoms with van der Waals surface area (Å²) in [6.07, 6.45) is 2.25. The first-order chi connectivity index (χ1) is 27.7. The summed E-state index contributed by atoms with van der Waals surface area (Å²) in [7, 11) is 3.28. The number of benzene rings is 4. The summed E-state index contributed by atoms with van der Waals surface area (Å²) in [5, 5.41) is 66.9. The number of aromatic hydroxyl groups is 2. The summed E-state index contributed by atoms with van der Waals surface area (Å²) >= 11 is 0. The van der Waals surface area contributed by atoms with Gasteiger partial charge < -0.3 is 72.3 Å². The number of carboxylic acid groups (broad SMARTS) is 2. The zero-order chi connectivity index (χ0) is 43.0. The fourth-order valence-corrected chi connectivity index (χ4v) is 5.26. The summed E-state index contributed by atoms with van der Waals surface area (Å²) in [5.41, 5.74) is 4.14. The summed E-state index contributed by atoms with van der Waals surface area (Å²) in [6.45, 7) is 4.82. The van der Waals surface area contributed by atoms with E-state index in [9.17, 15) is 39.6 Å². The monoisotopic (exact) mass is 840 g/mol. The molecule has 0 aliphatic carbocycles. The van der Waals surface area contributed by atoms with Crippen LogP contribution in [0.3, 0.4) is 0 Å². The number of phenols is 2. The average Bonchev–Trinajstić information content (AvgIpc) is 3.21. The molecule has 328 valence electrons. The summed E-state index contributed by atoms with van der Waals surface area (Å²) in [6, 6.07) is 25.4. The number of hydrogen-bond acceptors (Lipinski definition) is 12. The molecule has 60 heavy (non-hydrogen) atoms. The Balaban J connectivity index is 0.000000956. The van der Waals surface area contributed by atoms with Gasteiger partial charge in [-0.3, -0.25) is 9.59 Å². The van der Waals surface area contributed by atoms with Gasteiger partial charge in [-0.1, -0.05) is 36.4 Å². The molecule has 0 bridgehead atoms. The van der Waals surface area contributed by atoms with E-state index in [1.807, 2.05) is 62.4 Å². The van der Waals surface area contributed by atoms with E-state index >= 15 is 0 Å². The van der Waals surface area contributed by atoms with Crippen molar-refractivity contribution in [2.75, 3.05) is 37.9 Å². The zero-order valence-corrected chi connectivity index (χ0v) is 33.7. The molecule has 0 heterocycles. The molecule has 4 atom stereocenters. The number of phenolic OH excluding ortho intramolecular Hbond substituents is 2. The van der Waals surface area contributed by atoms with Gasteiger partial charge >= 0.3 is 11.9 Å². The molecule has 18 heteroatoms. The maximum Gasteiger partial charge on any atom is 0.328 e. The first kappa shape index (κ1) is 53.5. The third-order valence-corrected chi connectivity index (χ3v) is 8.33. The van der Waals surface area contributed by atoms with Crippen LogP contribution < -0.4 is 30.7 Å². The molecular weight excluding hydrogens is 784 g/mol. The number of amides is 2. The molecule has 0 radical (unpaired) electrons. The van der Waals surface area contributed by atoms with E-state index in [2.05, 4.69) is 21.3 Å². The normalized spacial score (nSPS) is 12.2. The lowest BCUT2D eigenvalue weighted by atomic mass is 10.1. The number of aliphatic carboxylic acids is 2. The van der Waals surface area contributed by atoms with E-state index in [0.29, 0.717) is 49.2 Å². The number of hydrogen-bond donors (Lipinski definition) is 10. The van der Waals surface area contributed by atoms with Gasteiger partial charge in [-0.15, -0.1) is 0 Å². The highest BCUT2D eigenvalue weighted by Crippen LogP contribution is 2.28. The highest BCUT2D eigenvalue weighted by Gasteiger charge is 2.14. The molecule has 4 aromatic rings. The minimum atomic E-state index is -1.26. The third-order valence-electron chi connectivity index (χ3n) is 8.33. The van der Waals surface area contributed by atoms with E-state index in [1.54, 1.807) is 38.5 Å². The van der Waals surface area contributed by atoms with Crippen LogP contribution in [-0.2, 0) is 32.0 Å². The lowest BCUT2D eigenvalue weighted by Gasteiger charge is -2.18. The number of rotatable bonds is 20. The first-order valence-electron chi connectivity index (χ1n) is 18.0. The molecule has 0 aliphatic heterocycles. The smallest absolute Gasteiger partial charge is 0.328 e. The van der Waals surface area contributed by atoms with Crippen molar-refractivity contribution < 1.29 is 70.2 Å². The lowest BCUT2D eigenvalue weighted by molar-refractivity contribution is -0.134. The highest BCUT2D eigenvalue weighted by atomic mass is 16.5. The van der Waals surface area contributed by atoms with Gasteiger partial charge in [0.1, 0.15) is 23.0 Å². The Hall–Kier alpha value is -6.54. The topological polar surface area (TPSA) is 319 Å². The third kappa shape index (κ3) is 20.2. The molecule has 18 nitrogen and oxygen atoms in total. The van der Waals surface area contributed by atoms with Crippen LogP contribution in [-0.4, -0.2) is 106 Å². The minimum absolute atomic E-state index is 0. The molecule has 0 saturated heterocycles. The molecule has 0 spiro atoms. The van der Waals surface area contributed by atoms with E-state index < -0.39 is 24.1 Å². The number of methoxy groups -OCH3 is 2. The van der Waals surface area contributed by atoms with Gasteiger partial charge in [0.2, 0.25) is 12.8 Å². The van der Waals surface area contributed by atoms with Crippen LogP contribution in [0.1, 0.15) is 48.3 Å². The largest absolute Gasteiger partial charge is 0.506 e. The fraction of sp³-hybridized carbons (Fsp3) is 0.286. The Morgan fingerprint density at radius 1 is 0.600 bits per heavy atom. The van der Waals surface area contributed by atoms with E-state index in [0.717, 1.165) is 24.3 Å². The number of nitrogens with one attached hydrogen (secondary N) is 4. The van der Waals surface area contributed by atoms with Crippen LogP contribution in [0.15, 0.2) is 97.1 Å². The number of aliphatic hydroxyl groups is 2. The summed E-state index contributed by atoms with van der Waals surface area (Å²) in [4.78, 5) is 40.2. The van der Waals surface area contributed by atoms with Crippen molar-refractivity contribution >= 4 is 36.1 Å². The van der Waals surface area contributed by atoms with Crippen molar-refractivity contribution in [2.45, 2.75) is 51.0 Å². The molecule has 0 aromatic heterocycles. The Morgan fingerprint density at radius 2 is 0.933 bits per heavy atom. The maximum atomic E-state index is 10.5. The average molecular weight is 841 g/mol. The number of carboxylic acids is 2. The Labute approximate surface area is 347 Å². The van der Waals surface area contributed by atoms with Gasteiger partial charge in [0, 0.05) is 37.3 Å². The molecule has 0 fully saturated rings. The highest BCUT2D eigenvalue weighted by molar-refractivity contribution is 5.89. The maximum absolute atomic E-state index is 10.5. The molecule has 4 aromatic carbocycles. The van der Waals surface area contributed by atoms with Gasteiger partial charge in [0.05, 0.1) is 37.8 Å². The summed E-state index contributed by atoms with van der Waals surface area (Å²) in [5.74, 6) is -0.939. The predicted octanol–water partition coefficient (Wildman–Crippen LogP) is 2.51. The van der Waals surface area contributed by atoms with Crippen molar-refractivity contribution in [3.05, 3.63) is 119 Å². The Morgan fingerprint density at radius 3 is 1.22 bits per heavy atom. The van der Waals surface area contributed by atoms with Gasteiger partial charge in [0.25, 0.3) is 0 Å². The van der Waals surface area contributed by atoms with Gasteiger partial charge in [-0.05, 0) is 97.5 Å². The number of carbonyl (C=O) groups excluding carboxylic acids is 2. The Kier molecular flexibility index (Phi) is 25.7. The predicted molar refractivity (Wildman–Crippen MR) is 225 cm³/mol. The van der Waals surface area contributed by atoms with E-state index in [1.165, 1.54) is 23.3 Å². The fourth-order valence-electron chi connectivity index (χ4n) is 5.26. The molecule has 4 rings (SSSR count). The van der Waals surface area contributed by atoms with Gasteiger partial charge in [-0.2, -0.15) is 0 Å². The first-order valence-corrected chi connectivity index (χ1v) is 18.0. The quantitative estimate of drug-likeness (QED) is 0.0348. The van der Waals surface area contributed by atoms with Gasteiger partial charge in [0.15, 0.2) is 0 Å². The van der Waals surface area contributed by atoms with Crippen molar-refractivity contribution in [3.63, 3.8) is 0 Å². The SMILES string of the molecule is COc1ccc(C[C@@H](C)NC[C@H](O)c2ccc(O)c(NC=O)c2)cc1.COc1ccc(C[C@@H](C)NC[C@H](O)c2ccc(O)c(NC=O)c2)cc1.O.O.O=C(O)/C=C/C(=O)O. The standard InChI is InChI=1S/2C19H24N2O4.C4H4O4.2H2O/c2*1-13(9-14-3-6-16(25-2)7-4-14)20-11-19(24)15-5-8-18(23)17(10-15)21-12-22;5-3(6)1-2-4(7)8;;/h2*3-8,10,12-13,19-20,23-24H,9,11H2,1-2H3,(H,21,22);1-2H,(H,5,6)(H,7,8);2*1H2/b;;2-1+;;/t2*13-,19+;;;/m11.../s1. The zero-order valence-electron chi connectivity index (χ0n) is 33.7. The van der Waals surface area contributed by atoms with Crippen molar-refractivity contribution in [3.8, 4) is 23.0 Å². The molecule has 2 amide bonds. The van der Waals surface area contributed by atoms with Crippen LogP contribution in [0.5, 0.6) is 23.0 Å². The molecular formula is C42H56N4O14. The number of carbonyl (C=O) groups is 4. The number of aliphatic hydroxyl groups excluding tert-OH is 2. The second-order valence-electron chi connectivity index (χ2n) is 12.8. The molecule has 0 saturated carbocycles. The van der Waals surface area contributed by atoms with Crippen LogP contribution >= 0.6 is 0 Å². The van der Waals surface area contributed by atoms with E-state index in [-0.39, 0.29) is 45.9 Å². The van der Waals surface area contributed by atoms with Gasteiger partial charge in [-0.25, -0.2) is 9.59 Å². The summed E-state index contributed by atoms with van der Waals surface area (Å²) < 4.78 is 10.3. The second-order valence-corrected chi connectivity index (χ2v) is 12.8. The van der Waals surface area contributed by atoms with Crippen molar-refractivity contribution in [1.29, 1.82) is 0 Å². The lowest BCUT2D eigenvalue weighted by Crippen LogP contribution is -2.32. The number of anilines is 2. The minimum Gasteiger partial charge on any atom is -0.506 e. The van der Waals surface area contributed by atoms with E-state index in [4.69, 9.17) is 19.7 Å². The second kappa shape index (κ2) is 28.8. The Bertz CT molecular complexity index is 1770.